The summed E-state index contributed by atoms with van der Waals surface area (Å²) in [6.45, 7) is 0. The second kappa shape index (κ2) is 5.04. The van der Waals surface area contributed by atoms with E-state index in [0.29, 0.717) is 5.02 Å². The number of halogens is 1. The summed E-state index contributed by atoms with van der Waals surface area (Å²) in [5.41, 5.74) is 9.99. The highest BCUT2D eigenvalue weighted by molar-refractivity contribution is 6.30. The molecule has 2 aliphatic rings. The van der Waals surface area contributed by atoms with Crippen molar-refractivity contribution in [1.82, 2.24) is 0 Å². The van der Waals surface area contributed by atoms with E-state index in [4.69, 9.17) is 22.1 Å². The Morgan fingerprint density at radius 3 is 2.67 bits per heavy atom. The highest BCUT2D eigenvalue weighted by Gasteiger charge is 2.29. The molecular formula is C18H18ClNO. The summed E-state index contributed by atoms with van der Waals surface area (Å²) < 4.78 is 6.16. The van der Waals surface area contributed by atoms with E-state index in [0.717, 1.165) is 23.7 Å². The average Bonchev–Trinajstić information content (AvgIpc) is 3.33. The third kappa shape index (κ3) is 2.54. The fourth-order valence-corrected chi connectivity index (χ4v) is 3.29. The van der Waals surface area contributed by atoms with Crippen LogP contribution in [-0.4, -0.2) is 0 Å². The number of nitrogens with two attached hydrogens (primary N) is 1. The van der Waals surface area contributed by atoms with Gasteiger partial charge in [-0.25, -0.2) is 0 Å². The maximum absolute atomic E-state index is 6.31. The Morgan fingerprint density at radius 1 is 1.05 bits per heavy atom. The van der Waals surface area contributed by atoms with Crippen LogP contribution in [-0.2, 0) is 0 Å². The Morgan fingerprint density at radius 2 is 1.86 bits per heavy atom. The first kappa shape index (κ1) is 13.2. The number of hydrogen-bond donors (Lipinski definition) is 1. The van der Waals surface area contributed by atoms with Gasteiger partial charge in [0.1, 0.15) is 11.9 Å². The molecule has 0 amide bonds. The molecule has 1 aliphatic carbocycles. The zero-order valence-corrected chi connectivity index (χ0v) is 12.5. The Kier molecular flexibility index (Phi) is 3.16. The third-order valence-electron chi connectivity index (χ3n) is 4.44. The summed E-state index contributed by atoms with van der Waals surface area (Å²) in [6.07, 6.45) is 3.46. The highest BCUT2D eigenvalue weighted by atomic mass is 35.5. The second-order valence-corrected chi connectivity index (χ2v) is 6.51. The van der Waals surface area contributed by atoms with Crippen LogP contribution in [0.4, 0.5) is 0 Å². The lowest BCUT2D eigenvalue weighted by atomic mass is 9.92. The molecule has 0 aromatic heterocycles. The second-order valence-electron chi connectivity index (χ2n) is 6.08. The van der Waals surface area contributed by atoms with Gasteiger partial charge in [-0.1, -0.05) is 35.9 Å². The fourth-order valence-electron chi connectivity index (χ4n) is 3.11. The molecule has 2 aromatic carbocycles. The molecule has 0 saturated heterocycles. The van der Waals surface area contributed by atoms with Gasteiger partial charge in [-0.05, 0) is 48.1 Å². The van der Waals surface area contributed by atoms with Crippen LogP contribution < -0.4 is 10.5 Å². The summed E-state index contributed by atoms with van der Waals surface area (Å²) >= 11 is 6.05. The Hall–Kier alpha value is -1.51. The van der Waals surface area contributed by atoms with Gasteiger partial charge in [-0.15, -0.1) is 0 Å². The predicted octanol–water partition coefficient (Wildman–Crippen LogP) is 4.74. The largest absolute Gasteiger partial charge is 0.485 e. The first-order valence-electron chi connectivity index (χ1n) is 7.52. The fraction of sp³-hybridized carbons (Fsp3) is 0.333. The van der Waals surface area contributed by atoms with Crippen molar-refractivity contribution in [3.05, 3.63) is 64.2 Å². The minimum Gasteiger partial charge on any atom is -0.485 e. The van der Waals surface area contributed by atoms with Crippen LogP contribution in [0, 0.1) is 0 Å². The SMILES string of the molecule is N[C@@H]1CC(c2cccc(C3CC3)c2)Oc2ccc(Cl)cc21. The van der Waals surface area contributed by atoms with Gasteiger partial charge in [0.2, 0.25) is 0 Å². The molecule has 1 aliphatic heterocycles. The van der Waals surface area contributed by atoms with E-state index >= 15 is 0 Å². The number of rotatable bonds is 2. The topological polar surface area (TPSA) is 35.2 Å². The van der Waals surface area contributed by atoms with Crippen molar-refractivity contribution >= 4 is 11.6 Å². The number of fused-ring (bicyclic) bond motifs is 1. The summed E-state index contributed by atoms with van der Waals surface area (Å²) in [4.78, 5) is 0. The monoisotopic (exact) mass is 299 g/mol. The van der Waals surface area contributed by atoms with E-state index in [9.17, 15) is 0 Å². The summed E-state index contributed by atoms with van der Waals surface area (Å²) in [5, 5.41) is 0.710. The lowest BCUT2D eigenvalue weighted by Crippen LogP contribution is -2.24. The highest BCUT2D eigenvalue weighted by Crippen LogP contribution is 2.43. The molecule has 1 saturated carbocycles. The van der Waals surface area contributed by atoms with E-state index in [1.807, 2.05) is 18.2 Å². The first-order valence-corrected chi connectivity index (χ1v) is 7.90. The molecule has 2 atom stereocenters. The minimum atomic E-state index is -0.0259. The van der Waals surface area contributed by atoms with Gasteiger partial charge < -0.3 is 10.5 Å². The van der Waals surface area contributed by atoms with Crippen molar-refractivity contribution in [1.29, 1.82) is 0 Å². The third-order valence-corrected chi connectivity index (χ3v) is 4.67. The lowest BCUT2D eigenvalue weighted by molar-refractivity contribution is 0.161. The summed E-state index contributed by atoms with van der Waals surface area (Å²) in [6, 6.07) is 14.5. The van der Waals surface area contributed by atoms with Gasteiger partial charge >= 0.3 is 0 Å². The van der Waals surface area contributed by atoms with Crippen LogP contribution in [0.1, 0.15) is 54.0 Å². The molecule has 2 aromatic rings. The van der Waals surface area contributed by atoms with Gasteiger partial charge in [-0.2, -0.15) is 0 Å². The van der Waals surface area contributed by atoms with E-state index in [1.54, 1.807) is 0 Å². The van der Waals surface area contributed by atoms with Gasteiger partial charge in [0.15, 0.2) is 0 Å². The predicted molar refractivity (Wildman–Crippen MR) is 84.8 cm³/mol. The zero-order valence-electron chi connectivity index (χ0n) is 11.8. The lowest BCUT2D eigenvalue weighted by Gasteiger charge is -2.31. The number of hydrogen-bond acceptors (Lipinski definition) is 2. The van der Waals surface area contributed by atoms with Gasteiger partial charge in [0.25, 0.3) is 0 Å². The molecule has 1 fully saturated rings. The average molecular weight is 300 g/mol. The van der Waals surface area contributed by atoms with Crippen LogP contribution in [0.2, 0.25) is 5.02 Å². The number of ether oxygens (including phenoxy) is 1. The smallest absolute Gasteiger partial charge is 0.126 e. The first-order chi connectivity index (χ1) is 10.2. The van der Waals surface area contributed by atoms with E-state index in [-0.39, 0.29) is 12.1 Å². The van der Waals surface area contributed by atoms with Crippen LogP contribution >= 0.6 is 11.6 Å². The van der Waals surface area contributed by atoms with Crippen LogP contribution in [0.15, 0.2) is 42.5 Å². The zero-order chi connectivity index (χ0) is 14.4. The van der Waals surface area contributed by atoms with Crippen molar-refractivity contribution in [2.75, 3.05) is 0 Å². The van der Waals surface area contributed by atoms with Gasteiger partial charge in [0.05, 0.1) is 0 Å². The number of benzene rings is 2. The van der Waals surface area contributed by atoms with E-state index in [2.05, 4.69) is 24.3 Å². The van der Waals surface area contributed by atoms with Crippen LogP contribution in [0.3, 0.4) is 0 Å². The van der Waals surface area contributed by atoms with Crippen molar-refractivity contribution in [3.63, 3.8) is 0 Å². The van der Waals surface area contributed by atoms with Crippen molar-refractivity contribution in [2.24, 2.45) is 5.73 Å². The van der Waals surface area contributed by atoms with E-state index in [1.165, 1.54) is 24.0 Å². The standard InChI is InChI=1S/C18H18ClNO/c19-14-6-7-17-15(9-14)16(20)10-18(21-17)13-3-1-2-12(8-13)11-4-5-11/h1-3,6-9,11,16,18H,4-5,10,20H2/t16-,18?/m1/s1. The molecule has 1 heterocycles. The maximum atomic E-state index is 6.31. The van der Waals surface area contributed by atoms with Crippen LogP contribution in [0.25, 0.3) is 0 Å². The molecular weight excluding hydrogens is 282 g/mol. The molecule has 0 bridgehead atoms. The maximum Gasteiger partial charge on any atom is 0.126 e. The normalized spacial score (nSPS) is 24.3. The van der Waals surface area contributed by atoms with Crippen molar-refractivity contribution in [3.8, 4) is 5.75 Å². The molecule has 2 nitrogen and oxygen atoms in total. The molecule has 0 spiro atoms. The summed E-state index contributed by atoms with van der Waals surface area (Å²) in [7, 11) is 0. The van der Waals surface area contributed by atoms with Gasteiger partial charge in [0, 0.05) is 23.0 Å². The quantitative estimate of drug-likeness (QED) is 0.869. The van der Waals surface area contributed by atoms with Gasteiger partial charge in [-0.3, -0.25) is 0 Å². The molecule has 2 N–H and O–H groups in total. The molecule has 4 rings (SSSR count). The van der Waals surface area contributed by atoms with Crippen molar-refractivity contribution in [2.45, 2.75) is 37.3 Å². The van der Waals surface area contributed by atoms with Crippen molar-refractivity contribution < 1.29 is 4.74 Å². The molecule has 21 heavy (non-hydrogen) atoms. The summed E-state index contributed by atoms with van der Waals surface area (Å²) in [5.74, 6) is 1.62. The molecule has 1 unspecified atom stereocenters. The Labute approximate surface area is 129 Å². The molecule has 108 valence electrons. The van der Waals surface area contributed by atoms with Crippen LogP contribution in [0.5, 0.6) is 5.75 Å². The molecule has 3 heteroatoms. The molecule has 0 radical (unpaired) electrons. The Balaban J connectivity index is 1.65. The van der Waals surface area contributed by atoms with E-state index < -0.39 is 0 Å². The Bertz CT molecular complexity index is 681. The minimum absolute atomic E-state index is 0.0259.